The number of halogens is 1. The molecule has 5 heteroatoms. The van der Waals surface area contributed by atoms with Crippen LogP contribution in [0.5, 0.6) is 5.75 Å². The summed E-state index contributed by atoms with van der Waals surface area (Å²) in [5, 5.41) is 3.12. The van der Waals surface area contributed by atoms with Gasteiger partial charge in [-0.05, 0) is 32.3 Å². The highest BCUT2D eigenvalue weighted by molar-refractivity contribution is 5.85. The second-order valence-corrected chi connectivity index (χ2v) is 6.48. The molecule has 0 bridgehead atoms. The van der Waals surface area contributed by atoms with Gasteiger partial charge in [0.15, 0.2) is 0 Å². The fourth-order valence-electron chi connectivity index (χ4n) is 3.39. The minimum atomic E-state index is 0. The van der Waals surface area contributed by atoms with E-state index in [2.05, 4.69) is 17.4 Å². The number of amides is 1. The fraction of sp³-hybridized carbons (Fsp3) is 0.611. The van der Waals surface area contributed by atoms with Crippen molar-refractivity contribution in [2.24, 2.45) is 5.73 Å². The van der Waals surface area contributed by atoms with Gasteiger partial charge in [-0.1, -0.05) is 31.0 Å². The number of benzene rings is 1. The van der Waals surface area contributed by atoms with Crippen LogP contribution in [-0.2, 0) is 10.2 Å². The van der Waals surface area contributed by atoms with Crippen LogP contribution < -0.4 is 15.8 Å². The summed E-state index contributed by atoms with van der Waals surface area (Å²) in [7, 11) is 1.71. The monoisotopic (exact) mass is 340 g/mol. The first-order chi connectivity index (χ1) is 10.6. The van der Waals surface area contributed by atoms with E-state index in [-0.39, 0.29) is 29.8 Å². The predicted octanol–water partition coefficient (Wildman–Crippen LogP) is 3.17. The van der Waals surface area contributed by atoms with E-state index in [0.29, 0.717) is 13.0 Å². The van der Waals surface area contributed by atoms with Gasteiger partial charge in [-0.25, -0.2) is 0 Å². The predicted molar refractivity (Wildman–Crippen MR) is 96.3 cm³/mol. The van der Waals surface area contributed by atoms with Crippen LogP contribution >= 0.6 is 12.4 Å². The van der Waals surface area contributed by atoms with E-state index in [4.69, 9.17) is 10.5 Å². The van der Waals surface area contributed by atoms with Crippen molar-refractivity contribution in [1.29, 1.82) is 0 Å². The summed E-state index contributed by atoms with van der Waals surface area (Å²) >= 11 is 0. The second-order valence-electron chi connectivity index (χ2n) is 6.48. The lowest BCUT2D eigenvalue weighted by Gasteiger charge is -2.31. The Morgan fingerprint density at radius 3 is 2.61 bits per heavy atom. The SMILES string of the molecule is COc1ccccc1C1(CNC(=O)CCC(C)N)CCCC1.Cl. The molecular formula is C18H29ClN2O2. The topological polar surface area (TPSA) is 64.3 Å². The Kier molecular flexibility index (Phi) is 7.86. The molecule has 1 atom stereocenters. The van der Waals surface area contributed by atoms with E-state index < -0.39 is 0 Å². The summed E-state index contributed by atoms with van der Waals surface area (Å²) in [6.07, 6.45) is 5.83. The molecule has 0 spiro atoms. The third kappa shape index (κ3) is 5.11. The molecule has 130 valence electrons. The minimum Gasteiger partial charge on any atom is -0.496 e. The molecule has 4 nitrogen and oxygen atoms in total. The van der Waals surface area contributed by atoms with Gasteiger partial charge in [0.25, 0.3) is 0 Å². The molecule has 1 aliphatic carbocycles. The molecule has 0 aliphatic heterocycles. The number of nitrogens with one attached hydrogen (secondary N) is 1. The number of hydrogen-bond donors (Lipinski definition) is 2. The van der Waals surface area contributed by atoms with Gasteiger partial charge in [-0.3, -0.25) is 4.79 Å². The highest BCUT2D eigenvalue weighted by atomic mass is 35.5. The molecule has 3 N–H and O–H groups in total. The normalized spacial score (nSPS) is 17.2. The number of methoxy groups -OCH3 is 1. The van der Waals surface area contributed by atoms with E-state index in [9.17, 15) is 4.79 Å². The Morgan fingerprint density at radius 2 is 2.00 bits per heavy atom. The minimum absolute atomic E-state index is 0. The van der Waals surface area contributed by atoms with Crippen molar-refractivity contribution in [3.05, 3.63) is 29.8 Å². The Labute approximate surface area is 145 Å². The van der Waals surface area contributed by atoms with Crippen molar-refractivity contribution in [3.63, 3.8) is 0 Å². The third-order valence-electron chi connectivity index (χ3n) is 4.69. The number of nitrogens with two attached hydrogens (primary N) is 1. The largest absolute Gasteiger partial charge is 0.496 e. The van der Waals surface area contributed by atoms with Gasteiger partial charge in [-0.2, -0.15) is 0 Å². The maximum atomic E-state index is 12.0. The number of rotatable bonds is 7. The highest BCUT2D eigenvalue weighted by Crippen LogP contribution is 2.44. The zero-order valence-corrected chi connectivity index (χ0v) is 15.0. The molecule has 0 saturated heterocycles. The van der Waals surface area contributed by atoms with Gasteiger partial charge in [-0.15, -0.1) is 12.4 Å². The van der Waals surface area contributed by atoms with Crippen LogP contribution in [0.3, 0.4) is 0 Å². The summed E-state index contributed by atoms with van der Waals surface area (Å²) in [6, 6.07) is 8.26. The zero-order valence-electron chi connectivity index (χ0n) is 14.1. The molecule has 1 aliphatic rings. The average Bonchev–Trinajstić information content (AvgIpc) is 3.01. The van der Waals surface area contributed by atoms with Gasteiger partial charge in [0.1, 0.15) is 5.75 Å². The molecule has 0 heterocycles. The number of para-hydroxylation sites is 1. The molecule has 1 amide bonds. The van der Waals surface area contributed by atoms with Crippen LogP contribution in [-0.4, -0.2) is 25.6 Å². The maximum absolute atomic E-state index is 12.0. The molecule has 0 radical (unpaired) electrons. The average molecular weight is 341 g/mol. The number of carbonyl (C=O) groups is 1. The molecule has 1 fully saturated rings. The smallest absolute Gasteiger partial charge is 0.220 e. The first kappa shape index (κ1) is 19.8. The molecular weight excluding hydrogens is 312 g/mol. The van der Waals surface area contributed by atoms with Crippen molar-refractivity contribution in [2.75, 3.05) is 13.7 Å². The Morgan fingerprint density at radius 1 is 1.35 bits per heavy atom. The van der Waals surface area contributed by atoms with Gasteiger partial charge < -0.3 is 15.8 Å². The maximum Gasteiger partial charge on any atom is 0.220 e. The van der Waals surface area contributed by atoms with Crippen LogP contribution in [0, 0.1) is 0 Å². The zero-order chi connectivity index (χ0) is 16.0. The summed E-state index contributed by atoms with van der Waals surface area (Å²) < 4.78 is 5.54. The van der Waals surface area contributed by atoms with Gasteiger partial charge >= 0.3 is 0 Å². The second kappa shape index (κ2) is 9.14. The van der Waals surface area contributed by atoms with Gasteiger partial charge in [0, 0.05) is 30.0 Å². The standard InChI is InChI=1S/C18H28N2O2.ClH/c1-14(19)9-10-17(21)20-13-18(11-5-6-12-18)15-7-3-4-8-16(15)22-2;/h3-4,7-8,14H,5-6,9-13,19H2,1-2H3,(H,20,21);1H. The Hall–Kier alpha value is -1.26. The molecule has 1 unspecified atom stereocenters. The number of hydrogen-bond acceptors (Lipinski definition) is 3. The highest BCUT2D eigenvalue weighted by Gasteiger charge is 2.37. The molecule has 2 rings (SSSR count). The number of carbonyl (C=O) groups excluding carboxylic acids is 1. The van der Waals surface area contributed by atoms with Crippen molar-refractivity contribution in [1.82, 2.24) is 5.32 Å². The van der Waals surface area contributed by atoms with Crippen LogP contribution in [0.2, 0.25) is 0 Å². The lowest BCUT2D eigenvalue weighted by molar-refractivity contribution is -0.121. The lowest BCUT2D eigenvalue weighted by atomic mass is 9.78. The Bertz CT molecular complexity index is 500. The van der Waals surface area contributed by atoms with Crippen LogP contribution in [0.1, 0.15) is 51.0 Å². The van der Waals surface area contributed by atoms with Crippen LogP contribution in [0.15, 0.2) is 24.3 Å². The van der Waals surface area contributed by atoms with E-state index in [0.717, 1.165) is 25.0 Å². The van der Waals surface area contributed by atoms with Gasteiger partial charge in [0.2, 0.25) is 5.91 Å². The lowest BCUT2D eigenvalue weighted by Crippen LogP contribution is -2.39. The Balaban J connectivity index is 0.00000264. The molecule has 23 heavy (non-hydrogen) atoms. The summed E-state index contributed by atoms with van der Waals surface area (Å²) in [6.45, 7) is 2.62. The molecule has 1 aromatic rings. The van der Waals surface area contributed by atoms with E-state index in [1.807, 2.05) is 19.1 Å². The van der Waals surface area contributed by atoms with Crippen LogP contribution in [0.4, 0.5) is 0 Å². The molecule has 1 aromatic carbocycles. The quantitative estimate of drug-likeness (QED) is 0.801. The molecule has 1 saturated carbocycles. The first-order valence-corrected chi connectivity index (χ1v) is 8.23. The molecule has 0 aromatic heterocycles. The van der Waals surface area contributed by atoms with Crippen LogP contribution in [0.25, 0.3) is 0 Å². The fourth-order valence-corrected chi connectivity index (χ4v) is 3.39. The van der Waals surface area contributed by atoms with Gasteiger partial charge in [0.05, 0.1) is 7.11 Å². The van der Waals surface area contributed by atoms with Crippen molar-refractivity contribution in [2.45, 2.75) is 56.9 Å². The number of ether oxygens (including phenoxy) is 1. The van der Waals surface area contributed by atoms with E-state index in [1.54, 1.807) is 7.11 Å². The van der Waals surface area contributed by atoms with E-state index in [1.165, 1.54) is 18.4 Å². The summed E-state index contributed by atoms with van der Waals surface area (Å²) in [5.41, 5.74) is 6.95. The summed E-state index contributed by atoms with van der Waals surface area (Å²) in [4.78, 5) is 12.0. The summed E-state index contributed by atoms with van der Waals surface area (Å²) in [5.74, 6) is 1.02. The van der Waals surface area contributed by atoms with Crippen molar-refractivity contribution in [3.8, 4) is 5.75 Å². The third-order valence-corrected chi connectivity index (χ3v) is 4.69. The first-order valence-electron chi connectivity index (χ1n) is 8.23. The van der Waals surface area contributed by atoms with Crippen molar-refractivity contribution >= 4 is 18.3 Å². The van der Waals surface area contributed by atoms with E-state index >= 15 is 0 Å². The van der Waals surface area contributed by atoms with Crippen molar-refractivity contribution < 1.29 is 9.53 Å².